The van der Waals surface area contributed by atoms with Crippen molar-refractivity contribution in [2.24, 2.45) is 5.41 Å². The maximum atomic E-state index is 5.44. The van der Waals surface area contributed by atoms with Crippen LogP contribution in [-0.4, -0.2) is 6.10 Å². The Labute approximate surface area is 91.3 Å². The minimum atomic E-state index is 0.231. The molecule has 0 fully saturated rings. The first-order valence-electron chi connectivity index (χ1n) is 5.37. The first-order chi connectivity index (χ1) is 6.58. The van der Waals surface area contributed by atoms with Crippen LogP contribution in [0.4, 0.5) is 0 Å². The van der Waals surface area contributed by atoms with E-state index in [4.69, 9.17) is 10.9 Å². The van der Waals surface area contributed by atoms with E-state index in [-0.39, 0.29) is 11.5 Å². The van der Waals surface area contributed by atoms with Crippen molar-refractivity contribution in [3.63, 3.8) is 0 Å². The molecule has 0 aliphatic heterocycles. The van der Waals surface area contributed by atoms with Crippen LogP contribution in [-0.2, 0) is 4.52 Å². The van der Waals surface area contributed by atoms with Crippen LogP contribution >= 0.6 is 9.47 Å². The van der Waals surface area contributed by atoms with Crippen LogP contribution in [0.25, 0.3) is 0 Å². The van der Waals surface area contributed by atoms with Crippen molar-refractivity contribution in [3.05, 3.63) is 0 Å². The summed E-state index contributed by atoms with van der Waals surface area (Å²) in [5.74, 6) is 2.67. The second kappa shape index (κ2) is 7.27. The van der Waals surface area contributed by atoms with Crippen molar-refractivity contribution in [1.29, 1.82) is 0 Å². The molecule has 2 atom stereocenters. The number of unbranched alkanes of at least 4 members (excludes halogenated alkanes) is 1. The van der Waals surface area contributed by atoms with E-state index in [9.17, 15) is 0 Å². The summed E-state index contributed by atoms with van der Waals surface area (Å²) in [6, 6.07) is 0. The number of hydrogen-bond donors (Lipinski definition) is 0. The molecule has 1 nitrogen and oxygen atoms in total. The van der Waals surface area contributed by atoms with E-state index in [2.05, 4.69) is 36.2 Å². The molecule has 0 amide bonds. The fourth-order valence-corrected chi connectivity index (χ4v) is 2.16. The third kappa shape index (κ3) is 4.99. The molecule has 0 spiro atoms. The molecule has 0 rings (SSSR count). The minimum Gasteiger partial charge on any atom is -0.362 e. The van der Waals surface area contributed by atoms with Crippen molar-refractivity contribution in [3.8, 4) is 12.3 Å². The molecule has 0 aliphatic rings. The van der Waals surface area contributed by atoms with Crippen molar-refractivity contribution < 1.29 is 4.52 Å². The summed E-state index contributed by atoms with van der Waals surface area (Å²) in [5.41, 5.74) is 0.231. The molecule has 0 aromatic rings. The molecular weight excluding hydrogens is 191 g/mol. The Morgan fingerprint density at radius 2 is 2.14 bits per heavy atom. The molecule has 14 heavy (non-hydrogen) atoms. The van der Waals surface area contributed by atoms with Gasteiger partial charge in [-0.2, -0.15) is 0 Å². The summed E-state index contributed by atoms with van der Waals surface area (Å²) in [7, 11) is 2.37. The first kappa shape index (κ1) is 13.9. The highest BCUT2D eigenvalue weighted by Gasteiger charge is 2.28. The molecule has 2 heteroatoms. The Balaban J connectivity index is 4.11. The van der Waals surface area contributed by atoms with Crippen LogP contribution in [0.15, 0.2) is 0 Å². The van der Waals surface area contributed by atoms with Crippen molar-refractivity contribution in [1.82, 2.24) is 0 Å². The zero-order valence-corrected chi connectivity index (χ0v) is 10.8. The Bertz CT molecular complexity index is 181. The van der Waals surface area contributed by atoms with Crippen LogP contribution in [0, 0.1) is 17.8 Å². The van der Waals surface area contributed by atoms with Gasteiger partial charge in [0.1, 0.15) is 0 Å². The van der Waals surface area contributed by atoms with Gasteiger partial charge in [0, 0.05) is 15.9 Å². The Hall–Kier alpha value is -0.0500. The normalized spacial score (nSPS) is 13.6. The quantitative estimate of drug-likeness (QED) is 0.463. The number of terminal acetylenes is 1. The van der Waals surface area contributed by atoms with Gasteiger partial charge >= 0.3 is 0 Å². The lowest BCUT2D eigenvalue weighted by Crippen LogP contribution is -2.29. The lowest BCUT2D eigenvalue weighted by molar-refractivity contribution is 0.0761. The summed E-state index contributed by atoms with van der Waals surface area (Å²) < 4.78 is 5.44. The smallest absolute Gasteiger partial charge is 0.0670 e. The molecule has 0 saturated carbocycles. The summed E-state index contributed by atoms with van der Waals surface area (Å²) in [4.78, 5) is 0. The van der Waals surface area contributed by atoms with Crippen molar-refractivity contribution in [2.45, 2.75) is 59.0 Å². The monoisotopic (exact) mass is 214 g/mol. The second-order valence-electron chi connectivity index (χ2n) is 4.46. The third-order valence-corrected chi connectivity index (χ3v) is 3.09. The van der Waals surface area contributed by atoms with Gasteiger partial charge in [-0.05, 0) is 18.3 Å². The van der Waals surface area contributed by atoms with Crippen LogP contribution in [0.3, 0.4) is 0 Å². The van der Waals surface area contributed by atoms with Gasteiger partial charge in [0.25, 0.3) is 0 Å². The molecule has 82 valence electrons. The van der Waals surface area contributed by atoms with E-state index in [0.717, 1.165) is 12.8 Å². The highest BCUT2D eigenvalue weighted by atomic mass is 31.0. The first-order valence-corrected chi connectivity index (χ1v) is 5.84. The predicted octanol–water partition coefficient (Wildman–Crippen LogP) is 3.79. The summed E-state index contributed by atoms with van der Waals surface area (Å²) >= 11 is 0. The highest BCUT2D eigenvalue weighted by Crippen LogP contribution is 2.33. The van der Waals surface area contributed by atoms with Gasteiger partial charge in [-0.15, -0.1) is 12.3 Å². The fourth-order valence-electron chi connectivity index (χ4n) is 1.65. The summed E-state index contributed by atoms with van der Waals surface area (Å²) in [6.45, 7) is 6.73. The fraction of sp³-hybridized carbons (Fsp3) is 0.833. The van der Waals surface area contributed by atoms with E-state index < -0.39 is 0 Å². The van der Waals surface area contributed by atoms with Crippen LogP contribution in [0.2, 0.25) is 0 Å². The van der Waals surface area contributed by atoms with Gasteiger partial charge in [0.2, 0.25) is 0 Å². The van der Waals surface area contributed by atoms with E-state index in [1.54, 1.807) is 0 Å². The van der Waals surface area contributed by atoms with Gasteiger partial charge < -0.3 is 4.52 Å². The average Bonchev–Trinajstić information content (AvgIpc) is 2.16. The van der Waals surface area contributed by atoms with Gasteiger partial charge in [-0.3, -0.25) is 0 Å². The molecular formula is C12H23OP. The molecule has 0 N–H and O–H groups in total. The lowest BCUT2D eigenvalue weighted by Gasteiger charge is -2.33. The third-order valence-electron chi connectivity index (χ3n) is 2.76. The SMILES string of the molecule is C#CCC[C@@H](OP)C(C)(C)CCCC. The van der Waals surface area contributed by atoms with E-state index >= 15 is 0 Å². The molecule has 0 radical (unpaired) electrons. The molecule has 0 saturated heterocycles. The molecule has 1 unspecified atom stereocenters. The zero-order valence-electron chi connectivity index (χ0n) is 9.68. The topological polar surface area (TPSA) is 9.23 Å². The van der Waals surface area contributed by atoms with E-state index in [1.165, 1.54) is 19.3 Å². The molecule has 0 aromatic heterocycles. The number of hydrogen-bond acceptors (Lipinski definition) is 1. The number of rotatable bonds is 7. The zero-order chi connectivity index (χ0) is 11.0. The Morgan fingerprint density at radius 3 is 2.57 bits per heavy atom. The van der Waals surface area contributed by atoms with Gasteiger partial charge in [0.15, 0.2) is 0 Å². The van der Waals surface area contributed by atoms with E-state index in [1.807, 2.05) is 0 Å². The lowest BCUT2D eigenvalue weighted by atomic mass is 9.80. The van der Waals surface area contributed by atoms with Crippen LogP contribution < -0.4 is 0 Å². The molecule has 0 heterocycles. The standard InChI is InChI=1S/C12H23OP/c1-5-7-9-11(13-14)12(3,4)10-8-6-2/h1,11H,6-10,14H2,2-4H3/t11-/m1/s1. The van der Waals surface area contributed by atoms with Gasteiger partial charge in [0.05, 0.1) is 6.10 Å². The maximum absolute atomic E-state index is 5.44. The van der Waals surface area contributed by atoms with Gasteiger partial charge in [-0.1, -0.05) is 33.6 Å². The predicted molar refractivity (Wildman–Crippen MR) is 66.0 cm³/mol. The van der Waals surface area contributed by atoms with Crippen LogP contribution in [0.5, 0.6) is 0 Å². The highest BCUT2D eigenvalue weighted by molar-refractivity contribution is 7.09. The Morgan fingerprint density at radius 1 is 1.50 bits per heavy atom. The summed E-state index contributed by atoms with van der Waals surface area (Å²) in [6.07, 6.45) is 11.0. The van der Waals surface area contributed by atoms with Crippen molar-refractivity contribution in [2.75, 3.05) is 0 Å². The van der Waals surface area contributed by atoms with Crippen molar-refractivity contribution >= 4 is 9.47 Å². The van der Waals surface area contributed by atoms with Crippen LogP contribution in [0.1, 0.15) is 52.9 Å². The minimum absolute atomic E-state index is 0.231. The maximum Gasteiger partial charge on any atom is 0.0670 e. The second-order valence-corrected chi connectivity index (χ2v) is 4.73. The van der Waals surface area contributed by atoms with Gasteiger partial charge in [-0.25, -0.2) is 0 Å². The van der Waals surface area contributed by atoms with E-state index in [0.29, 0.717) is 0 Å². The average molecular weight is 214 g/mol. The summed E-state index contributed by atoms with van der Waals surface area (Å²) in [5, 5.41) is 0. The molecule has 0 aliphatic carbocycles. The largest absolute Gasteiger partial charge is 0.362 e. The molecule has 0 aromatic carbocycles. The molecule has 0 bridgehead atoms. The Kier molecular flexibility index (Phi) is 7.24.